The molecule has 0 aliphatic carbocycles. The van der Waals surface area contributed by atoms with Crippen molar-refractivity contribution < 1.29 is 18.0 Å². The summed E-state index contributed by atoms with van der Waals surface area (Å²) in [6.07, 6.45) is -4.09. The van der Waals surface area contributed by atoms with Gasteiger partial charge in [0.25, 0.3) is 0 Å². The summed E-state index contributed by atoms with van der Waals surface area (Å²) in [6.45, 7) is 4.84. The zero-order chi connectivity index (χ0) is 13.9. The van der Waals surface area contributed by atoms with Crippen LogP contribution in [-0.4, -0.2) is 21.7 Å². The van der Waals surface area contributed by atoms with Crippen molar-refractivity contribution in [1.29, 1.82) is 0 Å². The van der Waals surface area contributed by atoms with Gasteiger partial charge >= 0.3 is 6.18 Å². The Morgan fingerprint density at radius 2 is 1.89 bits per heavy atom. The van der Waals surface area contributed by atoms with Gasteiger partial charge in [-0.3, -0.25) is 9.48 Å². The van der Waals surface area contributed by atoms with Gasteiger partial charge in [-0.1, -0.05) is 13.8 Å². The summed E-state index contributed by atoms with van der Waals surface area (Å²) in [5.74, 6) is -0.137. The highest BCUT2D eigenvalue weighted by Gasteiger charge is 2.28. The van der Waals surface area contributed by atoms with Crippen molar-refractivity contribution >= 4 is 5.78 Å². The smallest absolute Gasteiger partial charge is 0.294 e. The van der Waals surface area contributed by atoms with Gasteiger partial charge in [0.05, 0.1) is 17.7 Å². The molecule has 1 aromatic heterocycles. The van der Waals surface area contributed by atoms with Gasteiger partial charge in [0, 0.05) is 12.2 Å². The van der Waals surface area contributed by atoms with Crippen LogP contribution < -0.4 is 0 Å². The molecule has 1 rings (SSSR count). The average molecular weight is 262 g/mol. The second kappa shape index (κ2) is 5.54. The first-order valence-electron chi connectivity index (χ1n) is 5.96. The van der Waals surface area contributed by atoms with Gasteiger partial charge in [-0.2, -0.15) is 18.3 Å². The molecule has 0 aliphatic heterocycles. The highest BCUT2D eigenvalue weighted by Crippen LogP contribution is 2.23. The van der Waals surface area contributed by atoms with Gasteiger partial charge < -0.3 is 0 Å². The standard InChI is InChI=1S/C12H17F3N2O/c1-4-9-11(8(3)18)10(5-2)17(16-9)7-6-12(13,14)15/h4-7H2,1-3H3. The summed E-state index contributed by atoms with van der Waals surface area (Å²) in [4.78, 5) is 11.5. The van der Waals surface area contributed by atoms with Crippen LogP contribution in [0.15, 0.2) is 0 Å². The maximum Gasteiger partial charge on any atom is 0.390 e. The van der Waals surface area contributed by atoms with Gasteiger partial charge in [-0.25, -0.2) is 0 Å². The minimum Gasteiger partial charge on any atom is -0.294 e. The summed E-state index contributed by atoms with van der Waals surface area (Å²) < 4.78 is 38.0. The highest BCUT2D eigenvalue weighted by atomic mass is 19.4. The number of rotatable bonds is 5. The van der Waals surface area contributed by atoms with Gasteiger partial charge in [0.2, 0.25) is 0 Å². The Morgan fingerprint density at radius 3 is 2.28 bits per heavy atom. The van der Waals surface area contributed by atoms with Crippen molar-refractivity contribution in [2.75, 3.05) is 0 Å². The first-order chi connectivity index (χ1) is 8.30. The van der Waals surface area contributed by atoms with Gasteiger partial charge in [0.15, 0.2) is 5.78 Å². The topological polar surface area (TPSA) is 34.9 Å². The van der Waals surface area contributed by atoms with E-state index in [-0.39, 0.29) is 12.3 Å². The summed E-state index contributed by atoms with van der Waals surface area (Å²) in [7, 11) is 0. The van der Waals surface area contributed by atoms with E-state index in [4.69, 9.17) is 0 Å². The maximum absolute atomic E-state index is 12.2. The van der Waals surface area contributed by atoms with Crippen LogP contribution in [0.5, 0.6) is 0 Å². The molecule has 0 bridgehead atoms. The summed E-state index contributed by atoms with van der Waals surface area (Å²) in [5.41, 5.74) is 1.67. The van der Waals surface area contributed by atoms with E-state index in [9.17, 15) is 18.0 Å². The van der Waals surface area contributed by atoms with Crippen LogP contribution in [0.1, 0.15) is 48.9 Å². The Balaban J connectivity index is 3.09. The molecule has 1 heterocycles. The summed E-state index contributed by atoms with van der Waals surface area (Å²) in [6, 6.07) is 0. The van der Waals surface area contributed by atoms with E-state index < -0.39 is 12.6 Å². The normalized spacial score (nSPS) is 11.9. The minimum absolute atomic E-state index is 0.137. The molecule has 102 valence electrons. The van der Waals surface area contributed by atoms with E-state index in [0.29, 0.717) is 29.8 Å². The molecule has 3 nitrogen and oxygen atoms in total. The molecule has 0 saturated heterocycles. The van der Waals surface area contributed by atoms with Crippen LogP contribution in [0.3, 0.4) is 0 Å². The molecular weight excluding hydrogens is 245 g/mol. The van der Waals surface area contributed by atoms with Crippen LogP contribution in [0, 0.1) is 0 Å². The van der Waals surface area contributed by atoms with Crippen molar-refractivity contribution in [1.82, 2.24) is 9.78 Å². The van der Waals surface area contributed by atoms with Crippen molar-refractivity contribution in [2.45, 2.75) is 52.8 Å². The Morgan fingerprint density at radius 1 is 1.28 bits per heavy atom. The molecule has 0 amide bonds. The third-order valence-electron chi connectivity index (χ3n) is 2.76. The number of aryl methyl sites for hydroxylation is 2. The zero-order valence-electron chi connectivity index (χ0n) is 10.8. The molecule has 0 N–H and O–H groups in total. The zero-order valence-corrected chi connectivity index (χ0v) is 10.8. The average Bonchev–Trinajstić information content (AvgIpc) is 2.63. The largest absolute Gasteiger partial charge is 0.390 e. The van der Waals surface area contributed by atoms with Gasteiger partial charge in [0.1, 0.15) is 0 Å². The molecule has 0 fully saturated rings. The lowest BCUT2D eigenvalue weighted by Crippen LogP contribution is -2.15. The van der Waals surface area contributed by atoms with Crippen LogP contribution >= 0.6 is 0 Å². The first kappa shape index (κ1) is 14.7. The molecular formula is C12H17F3N2O. The van der Waals surface area contributed by atoms with Crippen molar-refractivity contribution in [2.24, 2.45) is 0 Å². The molecule has 0 aliphatic rings. The number of ketones is 1. The number of carbonyl (C=O) groups excluding carboxylic acids is 1. The van der Waals surface area contributed by atoms with Crippen LogP contribution in [0.4, 0.5) is 13.2 Å². The van der Waals surface area contributed by atoms with Crippen molar-refractivity contribution in [3.63, 3.8) is 0 Å². The lowest BCUT2D eigenvalue weighted by molar-refractivity contribution is -0.137. The van der Waals surface area contributed by atoms with Gasteiger partial charge in [-0.15, -0.1) is 0 Å². The molecule has 0 unspecified atom stereocenters. The summed E-state index contributed by atoms with van der Waals surface area (Å²) in [5, 5.41) is 4.12. The molecule has 0 spiro atoms. The number of hydrogen-bond donors (Lipinski definition) is 0. The minimum atomic E-state index is -4.21. The second-order valence-corrected chi connectivity index (χ2v) is 4.12. The fourth-order valence-corrected chi connectivity index (χ4v) is 1.98. The summed E-state index contributed by atoms with van der Waals surface area (Å²) >= 11 is 0. The number of Topliss-reactive ketones (excluding diaryl/α,β-unsaturated/α-hetero) is 1. The van der Waals surface area contributed by atoms with Gasteiger partial charge in [-0.05, 0) is 19.8 Å². The van der Waals surface area contributed by atoms with E-state index >= 15 is 0 Å². The monoisotopic (exact) mass is 262 g/mol. The maximum atomic E-state index is 12.2. The predicted octanol–water partition coefficient (Wildman–Crippen LogP) is 3.16. The number of halogens is 3. The van der Waals surface area contributed by atoms with Crippen LogP contribution in [-0.2, 0) is 19.4 Å². The molecule has 18 heavy (non-hydrogen) atoms. The third-order valence-corrected chi connectivity index (χ3v) is 2.76. The fraction of sp³-hybridized carbons (Fsp3) is 0.667. The Bertz CT molecular complexity index is 435. The highest BCUT2D eigenvalue weighted by molar-refractivity contribution is 5.96. The van der Waals surface area contributed by atoms with Crippen LogP contribution in [0.25, 0.3) is 0 Å². The lowest BCUT2D eigenvalue weighted by Gasteiger charge is -2.09. The van der Waals surface area contributed by atoms with Crippen LogP contribution in [0.2, 0.25) is 0 Å². The van der Waals surface area contributed by atoms with E-state index in [2.05, 4.69) is 5.10 Å². The lowest BCUT2D eigenvalue weighted by atomic mass is 10.1. The van der Waals surface area contributed by atoms with Crippen molar-refractivity contribution in [3.8, 4) is 0 Å². The Labute approximate surface area is 104 Å². The van der Waals surface area contributed by atoms with E-state index in [1.807, 2.05) is 13.8 Å². The molecule has 0 saturated carbocycles. The predicted molar refractivity (Wildman–Crippen MR) is 61.7 cm³/mol. The van der Waals surface area contributed by atoms with E-state index in [1.165, 1.54) is 11.6 Å². The number of nitrogens with zero attached hydrogens (tertiary/aromatic N) is 2. The van der Waals surface area contributed by atoms with E-state index in [0.717, 1.165) is 0 Å². The van der Waals surface area contributed by atoms with E-state index in [1.54, 1.807) is 0 Å². The van der Waals surface area contributed by atoms with Crippen molar-refractivity contribution in [3.05, 3.63) is 17.0 Å². The third kappa shape index (κ3) is 3.34. The number of alkyl halides is 3. The molecule has 0 radical (unpaired) electrons. The Hall–Kier alpha value is -1.33. The number of hydrogen-bond acceptors (Lipinski definition) is 2. The Kier molecular flexibility index (Phi) is 4.53. The number of aromatic nitrogens is 2. The fourth-order valence-electron chi connectivity index (χ4n) is 1.98. The molecule has 0 aromatic carbocycles. The quantitative estimate of drug-likeness (QED) is 0.764. The molecule has 0 atom stereocenters. The SMILES string of the molecule is CCc1nn(CCC(F)(F)F)c(CC)c1C(C)=O. The first-order valence-corrected chi connectivity index (χ1v) is 5.96. The number of carbonyl (C=O) groups is 1. The molecule has 1 aromatic rings. The molecule has 6 heteroatoms. The second-order valence-electron chi connectivity index (χ2n) is 4.12.